The van der Waals surface area contributed by atoms with Crippen LogP contribution in [-0.2, 0) is 4.79 Å². The molecule has 1 atom stereocenters. The molecular formula is C14H15N3O6. The van der Waals surface area contributed by atoms with Gasteiger partial charge in [0.25, 0.3) is 11.6 Å². The van der Waals surface area contributed by atoms with E-state index >= 15 is 0 Å². The van der Waals surface area contributed by atoms with Crippen LogP contribution in [0.25, 0.3) is 0 Å². The Bertz CT molecular complexity index is 702. The largest absolute Gasteiger partial charge is 0.478 e. The summed E-state index contributed by atoms with van der Waals surface area (Å²) in [6.07, 6.45) is 1.09. The van der Waals surface area contributed by atoms with Crippen LogP contribution in [0.1, 0.15) is 40.5 Å². The van der Waals surface area contributed by atoms with E-state index in [9.17, 15) is 24.5 Å². The summed E-state index contributed by atoms with van der Waals surface area (Å²) < 4.78 is 0. The van der Waals surface area contributed by atoms with Gasteiger partial charge >= 0.3 is 5.97 Å². The second-order valence-corrected chi connectivity index (χ2v) is 5.44. The van der Waals surface area contributed by atoms with E-state index in [1.807, 2.05) is 0 Å². The Kier molecular flexibility index (Phi) is 4.30. The Morgan fingerprint density at radius 3 is 2.65 bits per heavy atom. The SMILES string of the molecule is C[C@]1(NC(=O)c2ccc([N+](=O)[O-])cc2C(=O)O)CCCNC1=O. The number of nitrogens with zero attached hydrogens (tertiary/aromatic N) is 1. The second kappa shape index (κ2) is 6.03. The number of carbonyl (C=O) groups excluding carboxylic acids is 2. The second-order valence-electron chi connectivity index (χ2n) is 5.44. The fourth-order valence-electron chi connectivity index (χ4n) is 2.41. The van der Waals surface area contributed by atoms with Crippen molar-refractivity contribution in [2.45, 2.75) is 25.3 Å². The zero-order chi connectivity index (χ0) is 17.2. The highest BCUT2D eigenvalue weighted by Gasteiger charge is 2.37. The van der Waals surface area contributed by atoms with Crippen LogP contribution in [0.2, 0.25) is 0 Å². The molecule has 0 saturated carbocycles. The van der Waals surface area contributed by atoms with Crippen LogP contribution in [0.3, 0.4) is 0 Å². The van der Waals surface area contributed by atoms with Gasteiger partial charge in [0, 0.05) is 18.7 Å². The van der Waals surface area contributed by atoms with Crippen molar-refractivity contribution in [3.63, 3.8) is 0 Å². The first-order chi connectivity index (χ1) is 10.7. The highest BCUT2D eigenvalue weighted by atomic mass is 16.6. The molecule has 1 aromatic rings. The molecule has 1 heterocycles. The van der Waals surface area contributed by atoms with Crippen LogP contribution >= 0.6 is 0 Å². The van der Waals surface area contributed by atoms with Crippen LogP contribution < -0.4 is 10.6 Å². The first kappa shape index (κ1) is 16.4. The van der Waals surface area contributed by atoms with Gasteiger partial charge in [-0.3, -0.25) is 19.7 Å². The first-order valence-electron chi connectivity index (χ1n) is 6.87. The van der Waals surface area contributed by atoms with E-state index in [2.05, 4.69) is 10.6 Å². The van der Waals surface area contributed by atoms with Crippen molar-refractivity contribution in [1.29, 1.82) is 0 Å². The Labute approximate surface area is 130 Å². The number of carbonyl (C=O) groups is 3. The van der Waals surface area contributed by atoms with Gasteiger partial charge in [0.15, 0.2) is 0 Å². The molecule has 1 saturated heterocycles. The summed E-state index contributed by atoms with van der Waals surface area (Å²) in [6.45, 7) is 2.06. The minimum absolute atomic E-state index is 0.234. The summed E-state index contributed by atoms with van der Waals surface area (Å²) in [7, 11) is 0. The number of hydrogen-bond donors (Lipinski definition) is 3. The number of carboxylic acid groups (broad SMARTS) is 1. The van der Waals surface area contributed by atoms with E-state index in [1.54, 1.807) is 6.92 Å². The molecule has 0 radical (unpaired) electrons. The molecule has 23 heavy (non-hydrogen) atoms. The molecule has 1 aliphatic rings. The molecule has 0 aromatic heterocycles. The topological polar surface area (TPSA) is 139 Å². The first-order valence-corrected chi connectivity index (χ1v) is 6.87. The quantitative estimate of drug-likeness (QED) is 0.551. The zero-order valence-corrected chi connectivity index (χ0v) is 12.3. The Hall–Kier alpha value is -2.97. The van der Waals surface area contributed by atoms with Crippen molar-refractivity contribution in [1.82, 2.24) is 10.6 Å². The molecule has 2 rings (SSSR count). The lowest BCUT2D eigenvalue weighted by atomic mass is 9.90. The number of non-ortho nitro benzene ring substituents is 1. The molecule has 9 heteroatoms. The van der Waals surface area contributed by atoms with Crippen molar-refractivity contribution >= 4 is 23.5 Å². The number of hydrogen-bond acceptors (Lipinski definition) is 5. The molecule has 122 valence electrons. The normalized spacial score (nSPS) is 20.5. The van der Waals surface area contributed by atoms with Gasteiger partial charge in [-0.2, -0.15) is 0 Å². The smallest absolute Gasteiger partial charge is 0.336 e. The van der Waals surface area contributed by atoms with Gasteiger partial charge in [0.2, 0.25) is 5.91 Å². The minimum Gasteiger partial charge on any atom is -0.478 e. The standard InChI is InChI=1S/C14H15N3O6/c1-14(5-2-6-15-13(14)21)16-11(18)9-4-3-8(17(22)23)7-10(9)12(19)20/h3-4,7H,2,5-6H2,1H3,(H,15,21)(H,16,18)(H,19,20)/t14-/m0/s1. The van der Waals surface area contributed by atoms with Crippen LogP contribution in [-0.4, -0.2) is 39.9 Å². The van der Waals surface area contributed by atoms with Gasteiger partial charge < -0.3 is 15.7 Å². The molecule has 1 aromatic carbocycles. The number of rotatable bonds is 4. The van der Waals surface area contributed by atoms with Crippen molar-refractivity contribution in [2.24, 2.45) is 0 Å². The molecular weight excluding hydrogens is 306 g/mol. The highest BCUT2D eigenvalue weighted by Crippen LogP contribution is 2.21. The summed E-state index contributed by atoms with van der Waals surface area (Å²) in [5.74, 6) is -2.58. The van der Waals surface area contributed by atoms with Crippen molar-refractivity contribution < 1.29 is 24.4 Å². The summed E-state index contributed by atoms with van der Waals surface area (Å²) >= 11 is 0. The summed E-state index contributed by atoms with van der Waals surface area (Å²) in [4.78, 5) is 45.5. The fourth-order valence-corrected chi connectivity index (χ4v) is 2.41. The Morgan fingerprint density at radius 1 is 1.39 bits per heavy atom. The van der Waals surface area contributed by atoms with E-state index < -0.39 is 33.6 Å². The fraction of sp³-hybridized carbons (Fsp3) is 0.357. The van der Waals surface area contributed by atoms with Gasteiger partial charge in [-0.1, -0.05) is 0 Å². The van der Waals surface area contributed by atoms with Crippen LogP contribution in [0.5, 0.6) is 0 Å². The zero-order valence-electron chi connectivity index (χ0n) is 12.3. The molecule has 3 N–H and O–H groups in total. The lowest BCUT2D eigenvalue weighted by Crippen LogP contribution is -2.59. The molecule has 9 nitrogen and oxygen atoms in total. The third kappa shape index (κ3) is 3.28. The van der Waals surface area contributed by atoms with E-state index in [-0.39, 0.29) is 11.5 Å². The number of nitro groups is 1. The molecule has 1 fully saturated rings. The van der Waals surface area contributed by atoms with Gasteiger partial charge in [-0.25, -0.2) is 4.79 Å². The maximum atomic E-state index is 12.3. The molecule has 0 spiro atoms. The van der Waals surface area contributed by atoms with E-state index in [0.29, 0.717) is 19.4 Å². The maximum Gasteiger partial charge on any atom is 0.336 e. The van der Waals surface area contributed by atoms with Gasteiger partial charge in [0.1, 0.15) is 5.54 Å². The predicted molar refractivity (Wildman–Crippen MR) is 78.2 cm³/mol. The third-order valence-electron chi connectivity index (χ3n) is 3.72. The Balaban J connectivity index is 2.33. The highest BCUT2D eigenvalue weighted by molar-refractivity contribution is 6.07. The number of piperidine rings is 1. The number of nitrogens with one attached hydrogen (secondary N) is 2. The van der Waals surface area contributed by atoms with Crippen LogP contribution in [0.15, 0.2) is 18.2 Å². The summed E-state index contributed by atoms with van der Waals surface area (Å²) in [5, 5.41) is 25.0. The molecule has 1 aliphatic heterocycles. The molecule has 0 bridgehead atoms. The average Bonchev–Trinajstić information content (AvgIpc) is 2.49. The van der Waals surface area contributed by atoms with E-state index in [1.165, 1.54) is 0 Å². The van der Waals surface area contributed by atoms with Gasteiger partial charge in [-0.05, 0) is 25.8 Å². The maximum absolute atomic E-state index is 12.3. The number of carboxylic acids is 1. The van der Waals surface area contributed by atoms with Gasteiger partial charge in [0.05, 0.1) is 16.1 Å². The third-order valence-corrected chi connectivity index (χ3v) is 3.72. The molecule has 2 amide bonds. The van der Waals surface area contributed by atoms with Gasteiger partial charge in [-0.15, -0.1) is 0 Å². The van der Waals surface area contributed by atoms with Crippen LogP contribution in [0, 0.1) is 10.1 Å². The van der Waals surface area contributed by atoms with Crippen molar-refractivity contribution in [3.05, 3.63) is 39.4 Å². The number of benzene rings is 1. The minimum atomic E-state index is -1.46. The lowest BCUT2D eigenvalue weighted by Gasteiger charge is -2.33. The summed E-state index contributed by atoms with van der Waals surface area (Å²) in [5.41, 5.74) is -2.30. The molecule has 0 unspecified atom stereocenters. The number of nitro benzene ring substituents is 1. The summed E-state index contributed by atoms with van der Waals surface area (Å²) in [6, 6.07) is 2.94. The van der Waals surface area contributed by atoms with Crippen molar-refractivity contribution in [3.8, 4) is 0 Å². The Morgan fingerprint density at radius 2 is 2.09 bits per heavy atom. The molecule has 0 aliphatic carbocycles. The van der Waals surface area contributed by atoms with E-state index in [0.717, 1.165) is 18.2 Å². The van der Waals surface area contributed by atoms with Crippen LogP contribution in [0.4, 0.5) is 5.69 Å². The lowest BCUT2D eigenvalue weighted by molar-refractivity contribution is -0.384. The monoisotopic (exact) mass is 321 g/mol. The van der Waals surface area contributed by atoms with Crippen molar-refractivity contribution in [2.75, 3.05) is 6.54 Å². The average molecular weight is 321 g/mol. The predicted octanol–water partition coefficient (Wildman–Crippen LogP) is 0.691. The number of aromatic carboxylic acids is 1. The van der Waals surface area contributed by atoms with E-state index in [4.69, 9.17) is 5.11 Å². The number of amides is 2.